The van der Waals surface area contributed by atoms with E-state index in [1.54, 1.807) is 0 Å². The summed E-state index contributed by atoms with van der Waals surface area (Å²) in [6.45, 7) is 11.6. The molecule has 7 heterocycles. The SMILES string of the molecule is NC(=O)C[N+]12CC[N+](CCc3ccc4c5c(cccc35)N([CH2][Sn]35[CH2]CCN(CC[CH2]3)CC[CH2]5)S4(=O)=O)(CC1)CC2. The van der Waals surface area contributed by atoms with Crippen LogP contribution in [0.2, 0.25) is 13.3 Å². The third-order valence-electron chi connectivity index (χ3n) is 11.4. The number of sulfonamides is 1. The number of nitrogens with two attached hydrogens (primary N) is 1. The van der Waals surface area contributed by atoms with Gasteiger partial charge in [0.15, 0.2) is 6.54 Å². The number of quaternary nitrogens is 2. The summed E-state index contributed by atoms with van der Waals surface area (Å²) in [5.74, 6) is -0.182. The second kappa shape index (κ2) is 10.1. The molecular formula is C30H45N5O3SSn+2. The molecule has 0 aliphatic carbocycles. The Labute approximate surface area is 243 Å². The van der Waals surface area contributed by atoms with Crippen molar-refractivity contribution >= 4 is 50.8 Å². The standard InChI is InChI=1S/C21H26N4O3S.C9H18N.Sn/c1-23-18-4-2-3-17-16(5-6-19(21(17)18)29(23,27)28)7-8-24-9-12-25(13-10-24,14-11-24)15-20(22)26;1-4-7-10(8-5-2)9-6-3;/h2-6H,1,7-15H2,(H-,22,26);1-9H2;/q+1;;/p+1. The van der Waals surface area contributed by atoms with Crippen molar-refractivity contribution in [2.75, 3.05) is 80.9 Å². The van der Waals surface area contributed by atoms with E-state index in [-0.39, 0.29) is 5.91 Å². The minimum atomic E-state index is -3.51. The number of amides is 1. The van der Waals surface area contributed by atoms with Crippen LogP contribution in [-0.2, 0) is 21.2 Å². The summed E-state index contributed by atoms with van der Waals surface area (Å²) in [6, 6.07) is 10.3. The first-order valence-corrected chi connectivity index (χ1v) is 25.0. The molecule has 216 valence electrons. The third-order valence-corrected chi connectivity index (χ3v) is 28.8. The second-order valence-electron chi connectivity index (χ2n) is 13.7. The van der Waals surface area contributed by atoms with Crippen molar-refractivity contribution in [3.63, 3.8) is 0 Å². The molecule has 7 aliphatic heterocycles. The molecule has 4 bridgehead atoms. The molecule has 7 aliphatic rings. The van der Waals surface area contributed by atoms with Crippen molar-refractivity contribution in [3.05, 3.63) is 35.9 Å². The van der Waals surface area contributed by atoms with E-state index in [9.17, 15) is 13.2 Å². The van der Waals surface area contributed by atoms with Gasteiger partial charge < -0.3 is 5.73 Å². The Kier molecular flexibility index (Phi) is 6.93. The molecule has 9 rings (SSSR count). The average molecular weight is 674 g/mol. The van der Waals surface area contributed by atoms with Crippen LogP contribution in [0.3, 0.4) is 0 Å². The van der Waals surface area contributed by atoms with Gasteiger partial charge in [-0.25, -0.2) is 0 Å². The number of fused-ring (bicyclic) bond motifs is 9. The van der Waals surface area contributed by atoms with E-state index in [2.05, 4.69) is 29.2 Å². The number of piperazine rings is 3. The Morgan fingerprint density at radius 3 is 2.12 bits per heavy atom. The summed E-state index contributed by atoms with van der Waals surface area (Å²) < 4.78 is 36.9. The van der Waals surface area contributed by atoms with E-state index in [4.69, 9.17) is 5.73 Å². The molecule has 0 saturated carbocycles. The van der Waals surface area contributed by atoms with Crippen molar-refractivity contribution in [2.45, 2.75) is 43.9 Å². The van der Waals surface area contributed by atoms with Crippen molar-refractivity contribution in [1.29, 1.82) is 0 Å². The van der Waals surface area contributed by atoms with Gasteiger partial charge in [0.2, 0.25) is 0 Å². The molecule has 40 heavy (non-hydrogen) atoms. The summed E-state index contributed by atoms with van der Waals surface area (Å²) in [4.78, 5) is 14.8. The van der Waals surface area contributed by atoms with Gasteiger partial charge in [-0.05, 0) is 0 Å². The summed E-state index contributed by atoms with van der Waals surface area (Å²) in [5.41, 5.74) is 7.79. The molecule has 0 aromatic heterocycles. The maximum atomic E-state index is 14.1. The van der Waals surface area contributed by atoms with Crippen LogP contribution in [0, 0.1) is 0 Å². The van der Waals surface area contributed by atoms with E-state index in [1.807, 2.05) is 10.4 Å². The topological polar surface area (TPSA) is 83.7 Å². The number of nitrogens with zero attached hydrogens (tertiary/aromatic N) is 4. The van der Waals surface area contributed by atoms with Crippen molar-refractivity contribution in [3.8, 4) is 0 Å². The molecule has 2 N–H and O–H groups in total. The number of carbonyl (C=O) groups excluding carboxylic acids is 1. The number of primary amides is 1. The zero-order valence-corrected chi connectivity index (χ0v) is 27.5. The van der Waals surface area contributed by atoms with Gasteiger partial charge in [-0.3, -0.25) is 4.79 Å². The van der Waals surface area contributed by atoms with E-state index in [0.29, 0.717) is 11.4 Å². The molecule has 1 amide bonds. The van der Waals surface area contributed by atoms with Gasteiger partial charge in [0.25, 0.3) is 5.91 Å². The molecule has 2 aromatic carbocycles. The van der Waals surface area contributed by atoms with Gasteiger partial charge in [-0.15, -0.1) is 0 Å². The molecule has 0 atom stereocenters. The number of carbonyl (C=O) groups is 1. The van der Waals surface area contributed by atoms with Crippen molar-refractivity contribution in [2.24, 2.45) is 5.73 Å². The molecule has 6 fully saturated rings. The van der Waals surface area contributed by atoms with Crippen molar-refractivity contribution in [1.82, 2.24) is 4.90 Å². The summed E-state index contributed by atoms with van der Waals surface area (Å²) in [6.07, 6.45) is 4.73. The van der Waals surface area contributed by atoms with Crippen LogP contribution < -0.4 is 10.0 Å². The molecule has 0 radical (unpaired) electrons. The second-order valence-corrected chi connectivity index (χ2v) is 29.3. The maximum absolute atomic E-state index is 14.1. The number of benzene rings is 2. The fourth-order valence-electron chi connectivity index (χ4n) is 8.96. The van der Waals surface area contributed by atoms with Gasteiger partial charge in [0.05, 0.1) is 0 Å². The van der Waals surface area contributed by atoms with Gasteiger partial charge in [-0.1, -0.05) is 0 Å². The molecular weight excluding hydrogens is 629 g/mol. The van der Waals surface area contributed by atoms with Crippen LogP contribution in [0.5, 0.6) is 0 Å². The molecule has 8 nitrogen and oxygen atoms in total. The van der Waals surface area contributed by atoms with Gasteiger partial charge in [-0.2, -0.15) is 0 Å². The predicted molar refractivity (Wildman–Crippen MR) is 161 cm³/mol. The van der Waals surface area contributed by atoms with E-state index in [0.717, 1.165) is 82.2 Å². The molecule has 0 unspecified atom stereocenters. The zero-order valence-electron chi connectivity index (χ0n) is 23.8. The van der Waals surface area contributed by atoms with E-state index < -0.39 is 28.4 Å². The van der Waals surface area contributed by atoms with Crippen LogP contribution in [0.1, 0.15) is 24.8 Å². The first-order chi connectivity index (χ1) is 19.2. The summed E-state index contributed by atoms with van der Waals surface area (Å²) in [7, 11) is -3.51. The fraction of sp³-hybridized carbons (Fsp3) is 0.633. The number of hydrogen-bond donors (Lipinski definition) is 1. The third kappa shape index (κ3) is 4.68. The van der Waals surface area contributed by atoms with E-state index in [1.165, 1.54) is 57.8 Å². The summed E-state index contributed by atoms with van der Waals surface area (Å²) >= 11 is -2.65. The van der Waals surface area contributed by atoms with Crippen LogP contribution in [-0.4, -0.2) is 123 Å². The molecule has 0 spiro atoms. The molecule has 2 aromatic rings. The van der Waals surface area contributed by atoms with Crippen LogP contribution in [0.4, 0.5) is 5.69 Å². The first-order valence-electron chi connectivity index (χ1n) is 15.5. The average Bonchev–Trinajstić information content (AvgIpc) is 3.12. The monoisotopic (exact) mass is 675 g/mol. The zero-order chi connectivity index (χ0) is 27.6. The number of rotatable bonds is 7. The Morgan fingerprint density at radius 2 is 1.50 bits per heavy atom. The summed E-state index contributed by atoms with van der Waals surface area (Å²) in [5, 5.41) is 2.10. The Morgan fingerprint density at radius 1 is 0.875 bits per heavy atom. The normalized spacial score (nSPS) is 34.5. The number of hydrogen-bond acceptors (Lipinski definition) is 4. The van der Waals surface area contributed by atoms with Crippen LogP contribution in [0.15, 0.2) is 35.2 Å². The Bertz CT molecular complexity index is 1400. The van der Waals surface area contributed by atoms with Crippen LogP contribution >= 0.6 is 0 Å². The van der Waals surface area contributed by atoms with Crippen molar-refractivity contribution < 1.29 is 22.2 Å². The van der Waals surface area contributed by atoms with Gasteiger partial charge in [0, 0.05) is 0 Å². The first kappa shape index (κ1) is 27.4. The molecule has 10 heteroatoms. The predicted octanol–water partition coefficient (Wildman–Crippen LogP) is 2.52. The Hall–Kier alpha value is -1.40. The van der Waals surface area contributed by atoms with Gasteiger partial charge >= 0.3 is 221 Å². The molecule has 6 saturated heterocycles. The minimum absolute atomic E-state index is 0.182. The Balaban J connectivity index is 1.15. The van der Waals surface area contributed by atoms with Gasteiger partial charge in [0.1, 0.15) is 0 Å². The quantitative estimate of drug-likeness (QED) is 0.362. The number of anilines is 1. The van der Waals surface area contributed by atoms with Crippen LogP contribution in [0.25, 0.3) is 10.8 Å². The fourth-order valence-corrected chi connectivity index (χ4v) is 27.3. The van der Waals surface area contributed by atoms with E-state index >= 15 is 0 Å².